The molecule has 1 N–H and O–H groups in total. The van der Waals surface area contributed by atoms with E-state index in [2.05, 4.69) is 19.9 Å². The molecule has 1 amide bonds. The Morgan fingerprint density at radius 2 is 1.81 bits per heavy atom. The number of imidazole rings is 1. The molecule has 0 radical (unpaired) electrons. The first-order valence-corrected chi connectivity index (χ1v) is 12.4. The Morgan fingerprint density at radius 3 is 2.42 bits per heavy atom. The number of carbonyl (C=O) groups is 1. The lowest BCUT2D eigenvalue weighted by molar-refractivity contribution is 0.0987. The lowest BCUT2D eigenvalue weighted by Gasteiger charge is -2.19. The van der Waals surface area contributed by atoms with Crippen molar-refractivity contribution in [1.29, 1.82) is 0 Å². The number of nitrogens with zero attached hydrogens (tertiary/aromatic N) is 6. The number of rotatable bonds is 8. The lowest BCUT2D eigenvalue weighted by Crippen LogP contribution is -2.41. The van der Waals surface area contributed by atoms with Crippen molar-refractivity contribution in [3.8, 4) is 11.4 Å². The molecule has 0 aromatic carbocycles. The lowest BCUT2D eigenvalue weighted by atomic mass is 10.2. The van der Waals surface area contributed by atoms with Gasteiger partial charge in [-0.3, -0.25) is 28.6 Å². The van der Waals surface area contributed by atoms with Gasteiger partial charge in [0.15, 0.2) is 5.65 Å². The van der Waals surface area contributed by atoms with E-state index in [0.29, 0.717) is 65.4 Å². The smallest absolute Gasteiger partial charge is 0.332 e. The van der Waals surface area contributed by atoms with Gasteiger partial charge in [0, 0.05) is 43.8 Å². The standard InChI is InChI=1S/C26H27N7O3/c1-2-31(24(34)19-4-3-11-27-12-19)20-10-9-18(13-28-20)22-29-21-23(30-22)32(14-16-5-6-16)26(36)33(25(21)35)15-17-7-8-17/h3-4,9-13,16-17H,2,5-8,14-15H2,1H3,(H,29,30). The fraction of sp³-hybridized carbons (Fsp3) is 0.385. The molecule has 0 saturated heterocycles. The topological polar surface area (TPSA) is 119 Å². The van der Waals surface area contributed by atoms with Gasteiger partial charge in [-0.15, -0.1) is 0 Å². The third kappa shape index (κ3) is 4.12. The summed E-state index contributed by atoms with van der Waals surface area (Å²) in [5, 5.41) is 0. The Hall–Kier alpha value is -4.08. The molecule has 36 heavy (non-hydrogen) atoms. The van der Waals surface area contributed by atoms with Gasteiger partial charge < -0.3 is 4.98 Å². The van der Waals surface area contributed by atoms with Gasteiger partial charge in [-0.25, -0.2) is 14.8 Å². The molecular weight excluding hydrogens is 458 g/mol. The number of fused-ring (bicyclic) bond motifs is 1. The van der Waals surface area contributed by atoms with Gasteiger partial charge in [-0.1, -0.05) is 0 Å². The molecule has 6 rings (SSSR count). The number of pyridine rings is 2. The number of nitrogens with one attached hydrogen (secondary N) is 1. The second-order valence-electron chi connectivity index (χ2n) is 9.68. The second kappa shape index (κ2) is 8.85. The molecule has 0 spiro atoms. The summed E-state index contributed by atoms with van der Waals surface area (Å²) in [6.45, 7) is 3.36. The third-order valence-corrected chi connectivity index (χ3v) is 6.90. The van der Waals surface area contributed by atoms with Crippen LogP contribution in [-0.2, 0) is 13.1 Å². The molecule has 0 atom stereocenters. The summed E-state index contributed by atoms with van der Waals surface area (Å²) in [5.41, 5.74) is 1.29. The number of H-pyrrole nitrogens is 1. The van der Waals surface area contributed by atoms with Crippen LogP contribution in [0.4, 0.5) is 5.82 Å². The monoisotopic (exact) mass is 485 g/mol. The fourth-order valence-corrected chi connectivity index (χ4v) is 4.49. The van der Waals surface area contributed by atoms with Gasteiger partial charge in [-0.05, 0) is 68.7 Å². The number of aromatic amines is 1. The summed E-state index contributed by atoms with van der Waals surface area (Å²) >= 11 is 0. The van der Waals surface area contributed by atoms with Crippen LogP contribution in [-0.4, -0.2) is 41.5 Å². The summed E-state index contributed by atoms with van der Waals surface area (Å²) in [4.78, 5) is 57.3. The first-order valence-electron chi connectivity index (χ1n) is 12.4. The molecule has 2 fully saturated rings. The number of amides is 1. The first-order chi connectivity index (χ1) is 17.5. The zero-order valence-corrected chi connectivity index (χ0v) is 20.1. The largest absolute Gasteiger partial charge is 0.332 e. The maximum absolute atomic E-state index is 13.2. The van der Waals surface area contributed by atoms with E-state index in [1.54, 1.807) is 40.1 Å². The minimum absolute atomic E-state index is 0.185. The van der Waals surface area contributed by atoms with Gasteiger partial charge >= 0.3 is 5.69 Å². The van der Waals surface area contributed by atoms with Crippen LogP contribution in [0.5, 0.6) is 0 Å². The molecule has 0 aliphatic heterocycles. The Labute approximate surface area is 206 Å². The third-order valence-electron chi connectivity index (χ3n) is 6.90. The Morgan fingerprint density at radius 1 is 1.06 bits per heavy atom. The van der Waals surface area contributed by atoms with Crippen LogP contribution in [0.1, 0.15) is 43.0 Å². The maximum Gasteiger partial charge on any atom is 0.332 e. The maximum atomic E-state index is 13.2. The Bertz CT molecular complexity index is 1540. The average molecular weight is 486 g/mol. The van der Waals surface area contributed by atoms with Crippen molar-refractivity contribution in [2.75, 3.05) is 11.4 Å². The SMILES string of the molecule is CCN(C(=O)c1cccnc1)c1ccc(-c2nc3c([nH]2)c(=O)n(CC2CC2)c(=O)n3CC2CC2)cn1. The van der Waals surface area contributed by atoms with Gasteiger partial charge in [0.25, 0.3) is 11.5 Å². The van der Waals surface area contributed by atoms with Crippen LogP contribution in [0.15, 0.2) is 52.4 Å². The van der Waals surface area contributed by atoms with Crippen molar-refractivity contribution in [2.45, 2.75) is 45.7 Å². The number of hydrogen-bond donors (Lipinski definition) is 1. The van der Waals surface area contributed by atoms with Gasteiger partial charge in [-0.2, -0.15) is 0 Å². The molecule has 10 nitrogen and oxygen atoms in total. The fourth-order valence-electron chi connectivity index (χ4n) is 4.49. The van der Waals surface area contributed by atoms with Gasteiger partial charge in [0.1, 0.15) is 17.2 Å². The quantitative estimate of drug-likeness (QED) is 0.410. The second-order valence-corrected chi connectivity index (χ2v) is 9.68. The van der Waals surface area contributed by atoms with Crippen LogP contribution in [0.2, 0.25) is 0 Å². The minimum atomic E-state index is -0.323. The van der Waals surface area contributed by atoms with E-state index in [1.807, 2.05) is 13.0 Å². The summed E-state index contributed by atoms with van der Waals surface area (Å²) in [6, 6.07) is 7.01. The molecule has 184 valence electrons. The first kappa shape index (κ1) is 22.4. The van der Waals surface area contributed by atoms with Crippen LogP contribution >= 0.6 is 0 Å². The number of anilines is 1. The molecule has 0 unspecified atom stereocenters. The van der Waals surface area contributed by atoms with Crippen LogP contribution < -0.4 is 16.1 Å². The van der Waals surface area contributed by atoms with Crippen molar-refractivity contribution in [2.24, 2.45) is 11.8 Å². The molecule has 4 aromatic rings. The van der Waals surface area contributed by atoms with Crippen molar-refractivity contribution in [1.82, 2.24) is 29.1 Å². The highest BCUT2D eigenvalue weighted by molar-refractivity contribution is 6.05. The summed E-state index contributed by atoms with van der Waals surface area (Å²) in [7, 11) is 0. The molecule has 4 aromatic heterocycles. The Balaban J connectivity index is 1.36. The molecule has 2 saturated carbocycles. The van der Waals surface area contributed by atoms with Crippen LogP contribution in [0.3, 0.4) is 0 Å². The number of carbonyl (C=O) groups excluding carboxylic acids is 1. The Kier molecular flexibility index (Phi) is 5.50. The predicted octanol–water partition coefficient (Wildman–Crippen LogP) is 2.83. The van der Waals surface area contributed by atoms with Crippen LogP contribution in [0.25, 0.3) is 22.6 Å². The van der Waals surface area contributed by atoms with E-state index in [9.17, 15) is 14.4 Å². The molecule has 2 aliphatic rings. The van der Waals surface area contributed by atoms with Crippen molar-refractivity contribution in [3.63, 3.8) is 0 Å². The average Bonchev–Trinajstić information content (AvgIpc) is 3.85. The van der Waals surface area contributed by atoms with Crippen LogP contribution in [0, 0.1) is 11.8 Å². The molecule has 2 aliphatic carbocycles. The highest BCUT2D eigenvalue weighted by Gasteiger charge is 2.29. The number of hydrogen-bond acceptors (Lipinski definition) is 6. The van der Waals surface area contributed by atoms with E-state index in [-0.39, 0.29) is 17.2 Å². The molecular formula is C26H27N7O3. The van der Waals surface area contributed by atoms with Crippen molar-refractivity contribution in [3.05, 3.63) is 69.3 Å². The molecule has 4 heterocycles. The van der Waals surface area contributed by atoms with E-state index < -0.39 is 0 Å². The normalized spacial score (nSPS) is 15.4. The van der Waals surface area contributed by atoms with E-state index in [0.717, 1.165) is 25.7 Å². The summed E-state index contributed by atoms with van der Waals surface area (Å²) < 4.78 is 3.03. The van der Waals surface area contributed by atoms with Gasteiger partial charge in [0.05, 0.1) is 5.56 Å². The van der Waals surface area contributed by atoms with E-state index in [1.165, 1.54) is 10.8 Å². The zero-order valence-electron chi connectivity index (χ0n) is 20.1. The molecule has 10 heteroatoms. The summed E-state index contributed by atoms with van der Waals surface area (Å²) in [5.74, 6) is 1.64. The summed E-state index contributed by atoms with van der Waals surface area (Å²) in [6.07, 6.45) is 9.06. The highest BCUT2D eigenvalue weighted by atomic mass is 16.2. The minimum Gasteiger partial charge on any atom is -0.332 e. The predicted molar refractivity (Wildman–Crippen MR) is 135 cm³/mol. The van der Waals surface area contributed by atoms with Crippen molar-refractivity contribution >= 4 is 22.9 Å². The molecule has 0 bridgehead atoms. The van der Waals surface area contributed by atoms with E-state index >= 15 is 0 Å². The van der Waals surface area contributed by atoms with E-state index in [4.69, 9.17) is 0 Å². The van der Waals surface area contributed by atoms with Gasteiger partial charge in [0.2, 0.25) is 0 Å². The van der Waals surface area contributed by atoms with Crippen molar-refractivity contribution < 1.29 is 4.79 Å². The number of aromatic nitrogens is 6. The highest BCUT2D eigenvalue weighted by Crippen LogP contribution is 2.32. The zero-order chi connectivity index (χ0) is 24.8.